The molecule has 1 aliphatic heterocycles. The Balaban J connectivity index is 1.52. The zero-order chi connectivity index (χ0) is 21.6. The third kappa shape index (κ3) is 5.72. The van der Waals surface area contributed by atoms with Gasteiger partial charge < -0.3 is 19.9 Å². The molecule has 1 aromatic carbocycles. The number of nitrogens with one attached hydrogen (secondary N) is 2. The van der Waals surface area contributed by atoms with Gasteiger partial charge in [-0.15, -0.1) is 0 Å². The molecule has 3 atom stereocenters. The molecule has 30 heavy (non-hydrogen) atoms. The smallest absolute Gasteiger partial charge is 0.244 e. The molecule has 3 rings (SSSR count). The van der Waals surface area contributed by atoms with E-state index in [2.05, 4.69) is 10.0 Å². The predicted molar refractivity (Wildman–Crippen MR) is 112 cm³/mol. The van der Waals surface area contributed by atoms with Gasteiger partial charge in [-0.3, -0.25) is 4.79 Å². The highest BCUT2D eigenvalue weighted by atomic mass is 32.2. The number of amides is 1. The minimum absolute atomic E-state index is 0.0564. The van der Waals surface area contributed by atoms with Crippen LogP contribution in [0.3, 0.4) is 0 Å². The summed E-state index contributed by atoms with van der Waals surface area (Å²) >= 11 is 0. The van der Waals surface area contributed by atoms with Crippen molar-refractivity contribution in [2.45, 2.75) is 68.1 Å². The van der Waals surface area contributed by atoms with Crippen LogP contribution < -0.4 is 14.8 Å². The molecule has 1 heterocycles. The number of sulfonamides is 1. The Morgan fingerprint density at radius 2 is 1.93 bits per heavy atom. The Hall–Kier alpha value is -1.68. The van der Waals surface area contributed by atoms with E-state index in [0.717, 1.165) is 25.7 Å². The first-order chi connectivity index (χ1) is 14.4. The van der Waals surface area contributed by atoms with Crippen LogP contribution in [0.25, 0.3) is 0 Å². The van der Waals surface area contributed by atoms with Crippen LogP contribution in [0.5, 0.6) is 5.75 Å². The third-order valence-electron chi connectivity index (χ3n) is 5.95. The number of hydrogen-bond donors (Lipinski definition) is 3. The minimum atomic E-state index is -3.82. The van der Waals surface area contributed by atoms with Crippen molar-refractivity contribution < 1.29 is 27.8 Å². The van der Waals surface area contributed by atoms with Crippen LogP contribution in [0.15, 0.2) is 29.2 Å². The number of aliphatic hydroxyl groups excluding tert-OH is 1. The number of hydrogen-bond acceptors (Lipinski definition) is 6. The van der Waals surface area contributed by atoms with Crippen molar-refractivity contribution in [3.8, 4) is 5.75 Å². The fraction of sp³-hybridized carbons (Fsp3) is 0.667. The molecule has 0 radical (unpaired) electrons. The number of rotatable bonds is 9. The van der Waals surface area contributed by atoms with E-state index in [-0.39, 0.29) is 35.2 Å². The van der Waals surface area contributed by atoms with Gasteiger partial charge in [-0.05, 0) is 44.2 Å². The zero-order valence-electron chi connectivity index (χ0n) is 17.4. The van der Waals surface area contributed by atoms with Gasteiger partial charge >= 0.3 is 0 Å². The van der Waals surface area contributed by atoms with Gasteiger partial charge in [0.25, 0.3) is 0 Å². The minimum Gasteiger partial charge on any atom is -0.495 e. The predicted octanol–water partition coefficient (Wildman–Crippen LogP) is 1.58. The van der Waals surface area contributed by atoms with E-state index >= 15 is 0 Å². The van der Waals surface area contributed by atoms with Gasteiger partial charge in [0.2, 0.25) is 15.9 Å². The Morgan fingerprint density at radius 1 is 1.20 bits per heavy atom. The second kappa shape index (κ2) is 10.6. The molecule has 0 aromatic heterocycles. The summed E-state index contributed by atoms with van der Waals surface area (Å²) in [5.41, 5.74) is 0. The molecule has 1 aliphatic carbocycles. The molecule has 2 aliphatic rings. The molecule has 0 bridgehead atoms. The van der Waals surface area contributed by atoms with Crippen LogP contribution in [0.4, 0.5) is 0 Å². The van der Waals surface area contributed by atoms with E-state index in [0.29, 0.717) is 25.8 Å². The lowest BCUT2D eigenvalue weighted by atomic mass is 9.98. The van der Waals surface area contributed by atoms with E-state index in [1.165, 1.54) is 13.2 Å². The Kier molecular flexibility index (Phi) is 8.10. The van der Waals surface area contributed by atoms with E-state index in [9.17, 15) is 18.3 Å². The van der Waals surface area contributed by atoms with E-state index in [4.69, 9.17) is 9.47 Å². The highest BCUT2D eigenvalue weighted by Gasteiger charge is 2.34. The molecular formula is C21H32N2O6S. The maximum atomic E-state index is 12.8. The molecular weight excluding hydrogens is 408 g/mol. The van der Waals surface area contributed by atoms with Crippen molar-refractivity contribution in [1.29, 1.82) is 0 Å². The number of para-hydroxylation sites is 1. The largest absolute Gasteiger partial charge is 0.495 e. The van der Waals surface area contributed by atoms with Crippen LogP contribution in [0, 0.1) is 5.92 Å². The monoisotopic (exact) mass is 440 g/mol. The number of carbonyl (C=O) groups is 1. The average Bonchev–Trinajstić information content (AvgIpc) is 3.29. The van der Waals surface area contributed by atoms with Crippen molar-refractivity contribution in [3.05, 3.63) is 24.3 Å². The highest BCUT2D eigenvalue weighted by molar-refractivity contribution is 7.89. The topological polar surface area (TPSA) is 114 Å². The van der Waals surface area contributed by atoms with Gasteiger partial charge in [-0.25, -0.2) is 13.1 Å². The fourth-order valence-corrected chi connectivity index (χ4v) is 5.74. The summed E-state index contributed by atoms with van der Waals surface area (Å²) in [5, 5.41) is 12.7. The van der Waals surface area contributed by atoms with Crippen molar-refractivity contribution in [1.82, 2.24) is 10.0 Å². The summed E-state index contributed by atoms with van der Waals surface area (Å²) in [5.74, 6) is 0.513. The Bertz CT molecular complexity index is 809. The van der Waals surface area contributed by atoms with E-state index in [1.807, 2.05) is 0 Å². The summed E-state index contributed by atoms with van der Waals surface area (Å²) in [6.07, 6.45) is 5.23. The lowest BCUT2D eigenvalue weighted by Gasteiger charge is -2.36. The summed E-state index contributed by atoms with van der Waals surface area (Å²) in [6, 6.07) is 5.87. The normalized spacial score (nSPS) is 25.2. The number of benzene rings is 1. The molecule has 168 valence electrons. The molecule has 1 amide bonds. The van der Waals surface area contributed by atoms with Gasteiger partial charge in [0.05, 0.1) is 32.0 Å². The Morgan fingerprint density at radius 3 is 2.63 bits per heavy atom. The summed E-state index contributed by atoms with van der Waals surface area (Å²) < 4.78 is 39.4. The maximum absolute atomic E-state index is 12.8. The average molecular weight is 441 g/mol. The quantitative estimate of drug-likeness (QED) is 0.537. The molecule has 3 N–H and O–H groups in total. The summed E-state index contributed by atoms with van der Waals surface area (Å²) in [6.45, 7) is 0.236. The molecule has 0 spiro atoms. The van der Waals surface area contributed by atoms with Crippen LogP contribution in [0.1, 0.15) is 44.9 Å². The lowest BCUT2D eigenvalue weighted by Crippen LogP contribution is -2.51. The van der Waals surface area contributed by atoms with Crippen molar-refractivity contribution in [3.63, 3.8) is 0 Å². The number of ether oxygens (including phenoxy) is 2. The van der Waals surface area contributed by atoms with Gasteiger partial charge in [-0.1, -0.05) is 25.0 Å². The lowest BCUT2D eigenvalue weighted by molar-refractivity contribution is -0.125. The van der Waals surface area contributed by atoms with Crippen LogP contribution in [0.2, 0.25) is 0 Å². The molecule has 2 fully saturated rings. The molecule has 8 nitrogen and oxygen atoms in total. The van der Waals surface area contributed by atoms with Crippen molar-refractivity contribution in [2.75, 3.05) is 20.3 Å². The number of carbonyl (C=O) groups excluding carboxylic acids is 1. The van der Waals surface area contributed by atoms with Crippen LogP contribution in [-0.4, -0.2) is 57.9 Å². The number of aliphatic hydroxyl groups is 1. The summed E-state index contributed by atoms with van der Waals surface area (Å²) in [4.78, 5) is 12.2. The first-order valence-corrected chi connectivity index (χ1v) is 12.1. The molecule has 0 unspecified atom stereocenters. The third-order valence-corrected chi connectivity index (χ3v) is 7.48. The van der Waals surface area contributed by atoms with E-state index in [1.54, 1.807) is 18.2 Å². The zero-order valence-corrected chi connectivity index (χ0v) is 18.2. The standard InChI is InChI=1S/C21H32N2O6S/c1-28-18-8-4-5-9-20(18)30(26,27)23-17-11-10-16(29-19(17)14-24)12-13-22-21(25)15-6-2-3-7-15/h4-5,8-9,15-17,19,23-24H,2-3,6-7,10-14H2,1H3,(H,22,25)/t16-,17+,19-/m1/s1. The van der Waals surface area contributed by atoms with Crippen LogP contribution in [-0.2, 0) is 19.6 Å². The van der Waals surface area contributed by atoms with Gasteiger partial charge in [0.15, 0.2) is 0 Å². The van der Waals surface area contributed by atoms with Crippen molar-refractivity contribution >= 4 is 15.9 Å². The van der Waals surface area contributed by atoms with Crippen molar-refractivity contribution in [2.24, 2.45) is 5.92 Å². The van der Waals surface area contributed by atoms with Gasteiger partial charge in [0, 0.05) is 12.5 Å². The highest BCUT2D eigenvalue weighted by Crippen LogP contribution is 2.27. The van der Waals surface area contributed by atoms with E-state index < -0.39 is 22.2 Å². The fourth-order valence-electron chi connectivity index (χ4n) is 4.27. The maximum Gasteiger partial charge on any atom is 0.244 e. The van der Waals surface area contributed by atoms with Crippen LogP contribution >= 0.6 is 0 Å². The molecule has 9 heteroatoms. The first kappa shape index (κ1) is 23.0. The van der Waals surface area contributed by atoms with Gasteiger partial charge in [-0.2, -0.15) is 0 Å². The second-order valence-electron chi connectivity index (χ2n) is 8.00. The first-order valence-electron chi connectivity index (χ1n) is 10.6. The SMILES string of the molecule is COc1ccccc1S(=O)(=O)N[C@H]1CC[C@H](CCNC(=O)C2CCCC2)O[C@@H]1CO. The Labute approximate surface area is 178 Å². The summed E-state index contributed by atoms with van der Waals surface area (Å²) in [7, 11) is -2.40. The number of methoxy groups -OCH3 is 1. The second-order valence-corrected chi connectivity index (χ2v) is 9.68. The molecule has 1 saturated heterocycles. The molecule has 1 saturated carbocycles. The molecule has 1 aromatic rings. The van der Waals surface area contributed by atoms with Gasteiger partial charge in [0.1, 0.15) is 10.6 Å².